The minimum Gasteiger partial charge on any atom is -0.348 e. The standard InChI is InChI=1S/C13H15BrN2O/c1-3-4-12(15)13(17)16-9(2)10-5-7-11(14)8-6-10/h1,5-9,12H,4,15H2,2H3,(H,16,17). The highest BCUT2D eigenvalue weighted by molar-refractivity contribution is 9.10. The van der Waals surface area contributed by atoms with Crippen LogP contribution in [0.15, 0.2) is 28.7 Å². The highest BCUT2D eigenvalue weighted by Gasteiger charge is 2.15. The van der Waals surface area contributed by atoms with E-state index in [1.165, 1.54) is 0 Å². The summed E-state index contributed by atoms with van der Waals surface area (Å²) in [5, 5.41) is 2.83. The van der Waals surface area contributed by atoms with Crippen LogP contribution in [0.25, 0.3) is 0 Å². The van der Waals surface area contributed by atoms with Crippen molar-refractivity contribution in [3.8, 4) is 12.3 Å². The van der Waals surface area contributed by atoms with E-state index < -0.39 is 6.04 Å². The molecule has 90 valence electrons. The molecule has 2 atom stereocenters. The van der Waals surface area contributed by atoms with Crippen molar-refractivity contribution in [3.63, 3.8) is 0 Å². The summed E-state index contributed by atoms with van der Waals surface area (Å²) in [6.45, 7) is 1.91. The fourth-order valence-electron chi connectivity index (χ4n) is 1.37. The summed E-state index contributed by atoms with van der Waals surface area (Å²) in [5.74, 6) is 2.15. The van der Waals surface area contributed by atoms with Gasteiger partial charge < -0.3 is 11.1 Å². The van der Waals surface area contributed by atoms with Gasteiger partial charge >= 0.3 is 0 Å². The van der Waals surface area contributed by atoms with Crippen LogP contribution in [0.4, 0.5) is 0 Å². The Morgan fingerprint density at radius 3 is 2.65 bits per heavy atom. The lowest BCUT2D eigenvalue weighted by Crippen LogP contribution is -2.41. The third-order valence-electron chi connectivity index (χ3n) is 2.40. The highest BCUT2D eigenvalue weighted by Crippen LogP contribution is 2.16. The van der Waals surface area contributed by atoms with E-state index in [0.29, 0.717) is 0 Å². The predicted octanol–water partition coefficient (Wildman–Crippen LogP) is 1.98. The van der Waals surface area contributed by atoms with Crippen molar-refractivity contribution < 1.29 is 4.79 Å². The van der Waals surface area contributed by atoms with Crippen molar-refractivity contribution in [2.75, 3.05) is 0 Å². The van der Waals surface area contributed by atoms with Crippen LogP contribution >= 0.6 is 15.9 Å². The van der Waals surface area contributed by atoms with Gasteiger partial charge in [0.15, 0.2) is 0 Å². The summed E-state index contributed by atoms with van der Waals surface area (Å²) >= 11 is 3.36. The van der Waals surface area contributed by atoms with E-state index in [0.717, 1.165) is 10.0 Å². The van der Waals surface area contributed by atoms with Gasteiger partial charge in [0.2, 0.25) is 5.91 Å². The molecule has 4 heteroatoms. The molecule has 1 rings (SSSR count). The minimum absolute atomic E-state index is 0.0839. The maximum Gasteiger partial charge on any atom is 0.238 e. The van der Waals surface area contributed by atoms with Crippen LogP contribution in [0.2, 0.25) is 0 Å². The molecule has 1 amide bonds. The average Bonchev–Trinajstić information content (AvgIpc) is 2.30. The molecule has 0 saturated heterocycles. The molecule has 0 aliphatic heterocycles. The Labute approximate surface area is 110 Å². The van der Waals surface area contributed by atoms with Gasteiger partial charge in [0.25, 0.3) is 0 Å². The van der Waals surface area contributed by atoms with E-state index in [9.17, 15) is 4.79 Å². The van der Waals surface area contributed by atoms with E-state index in [-0.39, 0.29) is 18.4 Å². The van der Waals surface area contributed by atoms with Crippen molar-refractivity contribution in [3.05, 3.63) is 34.3 Å². The van der Waals surface area contributed by atoms with Crippen molar-refractivity contribution in [2.45, 2.75) is 25.4 Å². The molecule has 0 saturated carbocycles. The molecule has 0 spiro atoms. The number of hydrogen-bond acceptors (Lipinski definition) is 2. The molecular formula is C13H15BrN2O. The van der Waals surface area contributed by atoms with E-state index in [1.54, 1.807) is 0 Å². The average molecular weight is 295 g/mol. The second-order valence-electron chi connectivity index (χ2n) is 3.80. The van der Waals surface area contributed by atoms with Crippen molar-refractivity contribution >= 4 is 21.8 Å². The van der Waals surface area contributed by atoms with E-state index in [1.807, 2.05) is 31.2 Å². The summed E-state index contributed by atoms with van der Waals surface area (Å²) in [4.78, 5) is 11.6. The van der Waals surface area contributed by atoms with Crippen molar-refractivity contribution in [2.24, 2.45) is 5.73 Å². The minimum atomic E-state index is -0.641. The number of carbonyl (C=O) groups is 1. The summed E-state index contributed by atoms with van der Waals surface area (Å²) < 4.78 is 1.00. The normalized spacial score (nSPS) is 13.5. The molecule has 3 N–H and O–H groups in total. The molecule has 0 radical (unpaired) electrons. The number of amides is 1. The second kappa shape index (κ2) is 6.43. The number of nitrogens with one attached hydrogen (secondary N) is 1. The van der Waals surface area contributed by atoms with Gasteiger partial charge in [0.1, 0.15) is 0 Å². The SMILES string of the molecule is C#CCC(N)C(=O)NC(C)c1ccc(Br)cc1. The summed E-state index contributed by atoms with van der Waals surface area (Å²) in [5.41, 5.74) is 6.64. The van der Waals surface area contributed by atoms with Crippen LogP contribution in [0.1, 0.15) is 24.9 Å². The second-order valence-corrected chi connectivity index (χ2v) is 4.71. The summed E-state index contributed by atoms with van der Waals surface area (Å²) in [7, 11) is 0. The van der Waals surface area contributed by atoms with Crippen molar-refractivity contribution in [1.82, 2.24) is 5.32 Å². The Kier molecular flexibility index (Phi) is 5.20. The molecule has 0 aliphatic carbocycles. The van der Waals surface area contributed by atoms with Gasteiger partial charge in [-0.15, -0.1) is 12.3 Å². The van der Waals surface area contributed by atoms with Gasteiger partial charge in [0.05, 0.1) is 12.1 Å². The summed E-state index contributed by atoms with van der Waals surface area (Å²) in [6.07, 6.45) is 5.36. The van der Waals surface area contributed by atoms with Gasteiger partial charge in [-0.05, 0) is 24.6 Å². The monoisotopic (exact) mass is 294 g/mol. The van der Waals surface area contributed by atoms with Gasteiger partial charge in [-0.3, -0.25) is 4.79 Å². The number of halogens is 1. The largest absolute Gasteiger partial charge is 0.348 e. The highest BCUT2D eigenvalue weighted by atomic mass is 79.9. The zero-order valence-electron chi connectivity index (χ0n) is 9.61. The Morgan fingerprint density at radius 1 is 1.53 bits per heavy atom. The van der Waals surface area contributed by atoms with Crippen LogP contribution < -0.4 is 11.1 Å². The Balaban J connectivity index is 2.60. The third kappa shape index (κ3) is 4.22. The van der Waals surface area contributed by atoms with Crippen LogP contribution in [0.5, 0.6) is 0 Å². The smallest absolute Gasteiger partial charge is 0.238 e. The van der Waals surface area contributed by atoms with Gasteiger partial charge in [-0.25, -0.2) is 0 Å². The number of hydrogen-bond donors (Lipinski definition) is 2. The molecule has 0 heterocycles. The first-order valence-electron chi connectivity index (χ1n) is 5.29. The zero-order valence-corrected chi connectivity index (χ0v) is 11.2. The predicted molar refractivity (Wildman–Crippen MR) is 72.1 cm³/mol. The molecule has 3 nitrogen and oxygen atoms in total. The lowest BCUT2D eigenvalue weighted by Gasteiger charge is -2.16. The van der Waals surface area contributed by atoms with E-state index in [4.69, 9.17) is 12.2 Å². The molecule has 0 aromatic heterocycles. The molecule has 0 bridgehead atoms. The number of nitrogens with two attached hydrogens (primary N) is 1. The maximum absolute atomic E-state index is 11.6. The number of terminal acetylenes is 1. The van der Waals surface area contributed by atoms with E-state index >= 15 is 0 Å². The molecule has 17 heavy (non-hydrogen) atoms. The number of carbonyl (C=O) groups excluding carboxylic acids is 1. The number of benzene rings is 1. The number of rotatable bonds is 4. The maximum atomic E-state index is 11.6. The first-order valence-corrected chi connectivity index (χ1v) is 6.08. The fourth-order valence-corrected chi connectivity index (χ4v) is 1.64. The molecule has 0 aliphatic rings. The Morgan fingerprint density at radius 2 is 2.12 bits per heavy atom. The molecule has 2 unspecified atom stereocenters. The van der Waals surface area contributed by atoms with Crippen LogP contribution in [-0.2, 0) is 4.79 Å². The van der Waals surface area contributed by atoms with E-state index in [2.05, 4.69) is 27.2 Å². The van der Waals surface area contributed by atoms with Gasteiger partial charge in [-0.1, -0.05) is 28.1 Å². The van der Waals surface area contributed by atoms with Crippen LogP contribution in [0.3, 0.4) is 0 Å². The summed E-state index contributed by atoms with van der Waals surface area (Å²) in [6, 6.07) is 7.03. The molecular weight excluding hydrogens is 280 g/mol. The quantitative estimate of drug-likeness (QED) is 0.835. The van der Waals surface area contributed by atoms with Crippen LogP contribution in [-0.4, -0.2) is 11.9 Å². The Hall–Kier alpha value is -1.31. The molecule has 0 fully saturated rings. The lowest BCUT2D eigenvalue weighted by molar-refractivity contribution is -0.122. The lowest BCUT2D eigenvalue weighted by atomic mass is 10.1. The fraction of sp³-hybridized carbons (Fsp3) is 0.308. The third-order valence-corrected chi connectivity index (χ3v) is 2.93. The van der Waals surface area contributed by atoms with Crippen LogP contribution in [0, 0.1) is 12.3 Å². The molecule has 1 aromatic rings. The Bertz CT molecular complexity index is 422. The zero-order chi connectivity index (χ0) is 12.8. The van der Waals surface area contributed by atoms with Gasteiger partial charge in [-0.2, -0.15) is 0 Å². The molecule has 1 aromatic carbocycles. The first kappa shape index (κ1) is 13.8. The van der Waals surface area contributed by atoms with Crippen molar-refractivity contribution in [1.29, 1.82) is 0 Å². The first-order chi connectivity index (χ1) is 8.04. The topological polar surface area (TPSA) is 55.1 Å². The van der Waals surface area contributed by atoms with Gasteiger partial charge in [0, 0.05) is 10.9 Å².